The standard InChI is InChI=1S/C17H19ClN4O4/c1-10-19-15(26-20-10)9-21(2)17(24)11-6-16(23)22(8-11)12-4-5-14(25-3)13(18)7-12/h4-5,7,11H,6,8-9H2,1-3H3/t11-/m1/s1. The van der Waals surface area contributed by atoms with Gasteiger partial charge in [0.1, 0.15) is 5.75 Å². The maximum atomic E-state index is 12.7. The van der Waals surface area contributed by atoms with Gasteiger partial charge in [-0.15, -0.1) is 0 Å². The fourth-order valence-electron chi connectivity index (χ4n) is 2.94. The van der Waals surface area contributed by atoms with E-state index in [0.29, 0.717) is 34.7 Å². The largest absolute Gasteiger partial charge is 0.495 e. The van der Waals surface area contributed by atoms with Crippen LogP contribution in [0.1, 0.15) is 18.1 Å². The first-order valence-electron chi connectivity index (χ1n) is 8.07. The highest BCUT2D eigenvalue weighted by Gasteiger charge is 2.37. The monoisotopic (exact) mass is 378 g/mol. The number of rotatable bonds is 5. The summed E-state index contributed by atoms with van der Waals surface area (Å²) >= 11 is 6.14. The maximum absolute atomic E-state index is 12.7. The van der Waals surface area contributed by atoms with Gasteiger partial charge in [-0.1, -0.05) is 16.8 Å². The Morgan fingerprint density at radius 2 is 2.27 bits per heavy atom. The predicted molar refractivity (Wildman–Crippen MR) is 94.0 cm³/mol. The summed E-state index contributed by atoms with van der Waals surface area (Å²) in [5, 5.41) is 4.12. The molecular formula is C17H19ClN4O4. The van der Waals surface area contributed by atoms with Crippen molar-refractivity contribution in [2.24, 2.45) is 5.92 Å². The summed E-state index contributed by atoms with van der Waals surface area (Å²) in [5.74, 6) is 0.713. The average Bonchev–Trinajstić information content (AvgIpc) is 3.19. The lowest BCUT2D eigenvalue weighted by molar-refractivity contribution is -0.135. The van der Waals surface area contributed by atoms with Gasteiger partial charge in [-0.3, -0.25) is 9.59 Å². The molecule has 0 unspecified atom stereocenters. The number of anilines is 1. The molecule has 2 heterocycles. The number of amides is 2. The molecule has 9 heteroatoms. The van der Waals surface area contributed by atoms with Crippen molar-refractivity contribution < 1.29 is 18.8 Å². The van der Waals surface area contributed by atoms with Crippen molar-refractivity contribution >= 4 is 29.1 Å². The molecule has 2 aromatic rings. The molecule has 26 heavy (non-hydrogen) atoms. The third-order valence-electron chi connectivity index (χ3n) is 4.24. The number of carbonyl (C=O) groups excluding carboxylic acids is 2. The van der Waals surface area contributed by atoms with E-state index in [9.17, 15) is 9.59 Å². The second kappa shape index (κ2) is 7.33. The van der Waals surface area contributed by atoms with Crippen LogP contribution in [-0.4, -0.2) is 47.6 Å². The lowest BCUT2D eigenvalue weighted by Gasteiger charge is -2.20. The first-order valence-corrected chi connectivity index (χ1v) is 8.45. The van der Waals surface area contributed by atoms with Crippen LogP contribution in [0, 0.1) is 12.8 Å². The quantitative estimate of drug-likeness (QED) is 0.791. The van der Waals surface area contributed by atoms with Crippen LogP contribution in [-0.2, 0) is 16.1 Å². The minimum atomic E-state index is -0.433. The Bertz CT molecular complexity index is 838. The summed E-state index contributed by atoms with van der Waals surface area (Å²) < 4.78 is 10.2. The van der Waals surface area contributed by atoms with Crippen molar-refractivity contribution in [2.45, 2.75) is 19.9 Å². The summed E-state index contributed by atoms with van der Waals surface area (Å²) in [7, 11) is 3.18. The van der Waals surface area contributed by atoms with Crippen LogP contribution in [0.5, 0.6) is 5.75 Å². The maximum Gasteiger partial charge on any atom is 0.246 e. The van der Waals surface area contributed by atoms with Gasteiger partial charge in [0.2, 0.25) is 17.7 Å². The Labute approximate surface area is 155 Å². The van der Waals surface area contributed by atoms with Crippen molar-refractivity contribution in [2.75, 3.05) is 25.6 Å². The molecule has 0 N–H and O–H groups in total. The van der Waals surface area contributed by atoms with Crippen molar-refractivity contribution in [3.8, 4) is 5.75 Å². The number of nitrogens with zero attached hydrogens (tertiary/aromatic N) is 4. The topological polar surface area (TPSA) is 88.8 Å². The highest BCUT2D eigenvalue weighted by atomic mass is 35.5. The molecule has 1 fully saturated rings. The molecule has 1 saturated heterocycles. The zero-order valence-corrected chi connectivity index (χ0v) is 15.5. The number of ether oxygens (including phenoxy) is 1. The number of halogens is 1. The molecule has 0 aliphatic carbocycles. The van der Waals surface area contributed by atoms with Crippen molar-refractivity contribution in [3.05, 3.63) is 34.9 Å². The minimum Gasteiger partial charge on any atom is -0.495 e. The van der Waals surface area contributed by atoms with E-state index in [1.54, 1.807) is 37.1 Å². The molecule has 1 aliphatic heterocycles. The van der Waals surface area contributed by atoms with E-state index in [0.717, 1.165) is 0 Å². The third kappa shape index (κ3) is 3.65. The number of hydrogen-bond donors (Lipinski definition) is 0. The fourth-order valence-corrected chi connectivity index (χ4v) is 3.19. The lowest BCUT2D eigenvalue weighted by Crippen LogP contribution is -2.34. The Hall–Kier alpha value is -2.61. The molecule has 0 spiro atoms. The second-order valence-electron chi connectivity index (χ2n) is 6.15. The van der Waals surface area contributed by atoms with Gasteiger partial charge in [-0.25, -0.2) is 0 Å². The number of methoxy groups -OCH3 is 1. The SMILES string of the molecule is COc1ccc(N2C[C@H](C(=O)N(C)Cc3nc(C)no3)CC2=O)cc1Cl. The van der Waals surface area contributed by atoms with Crippen molar-refractivity contribution in [1.82, 2.24) is 15.0 Å². The van der Waals surface area contributed by atoms with Crippen LogP contribution in [0.2, 0.25) is 5.02 Å². The van der Waals surface area contributed by atoms with Crippen LogP contribution >= 0.6 is 11.6 Å². The highest BCUT2D eigenvalue weighted by molar-refractivity contribution is 6.32. The van der Waals surface area contributed by atoms with E-state index in [1.165, 1.54) is 12.0 Å². The number of benzene rings is 1. The van der Waals surface area contributed by atoms with Gasteiger partial charge >= 0.3 is 0 Å². The first kappa shape index (κ1) is 18.2. The van der Waals surface area contributed by atoms with Crippen LogP contribution in [0.4, 0.5) is 5.69 Å². The van der Waals surface area contributed by atoms with E-state index in [-0.39, 0.29) is 24.8 Å². The molecule has 1 aromatic carbocycles. The summed E-state index contributed by atoms with van der Waals surface area (Å²) in [6.45, 7) is 2.22. The van der Waals surface area contributed by atoms with Gasteiger partial charge < -0.3 is 19.1 Å². The van der Waals surface area contributed by atoms with Gasteiger partial charge in [0.25, 0.3) is 0 Å². The fraction of sp³-hybridized carbons (Fsp3) is 0.412. The Kier molecular flexibility index (Phi) is 5.13. The zero-order chi connectivity index (χ0) is 18.8. The van der Waals surface area contributed by atoms with E-state index in [1.807, 2.05) is 0 Å². The highest BCUT2D eigenvalue weighted by Crippen LogP contribution is 2.32. The minimum absolute atomic E-state index is 0.119. The molecule has 8 nitrogen and oxygen atoms in total. The van der Waals surface area contributed by atoms with Gasteiger partial charge in [0, 0.05) is 25.7 Å². The molecule has 1 aromatic heterocycles. The summed E-state index contributed by atoms with van der Waals surface area (Å²) in [4.78, 5) is 32.2. The molecular weight excluding hydrogens is 360 g/mol. The average molecular weight is 379 g/mol. The van der Waals surface area contributed by atoms with Gasteiger partial charge in [0.15, 0.2) is 5.82 Å². The third-order valence-corrected chi connectivity index (χ3v) is 4.53. The van der Waals surface area contributed by atoms with Crippen molar-refractivity contribution in [3.63, 3.8) is 0 Å². The summed E-state index contributed by atoms with van der Waals surface area (Å²) in [5.41, 5.74) is 0.645. The lowest BCUT2D eigenvalue weighted by atomic mass is 10.1. The molecule has 0 radical (unpaired) electrons. The van der Waals surface area contributed by atoms with Crippen LogP contribution in [0.15, 0.2) is 22.7 Å². The molecule has 0 bridgehead atoms. The van der Waals surface area contributed by atoms with E-state index in [4.69, 9.17) is 20.9 Å². The Morgan fingerprint density at radius 1 is 1.50 bits per heavy atom. The summed E-state index contributed by atoms with van der Waals surface area (Å²) in [6, 6.07) is 5.11. The van der Waals surface area contributed by atoms with Gasteiger partial charge in [0.05, 0.1) is 24.6 Å². The van der Waals surface area contributed by atoms with Crippen LogP contribution < -0.4 is 9.64 Å². The number of aromatic nitrogens is 2. The van der Waals surface area contributed by atoms with Gasteiger partial charge in [-0.05, 0) is 25.1 Å². The summed E-state index contributed by atoms with van der Waals surface area (Å²) in [6.07, 6.45) is 0.148. The molecule has 1 aliphatic rings. The van der Waals surface area contributed by atoms with E-state index >= 15 is 0 Å². The number of carbonyl (C=O) groups is 2. The molecule has 3 rings (SSSR count). The van der Waals surface area contributed by atoms with Crippen molar-refractivity contribution in [1.29, 1.82) is 0 Å². The van der Waals surface area contributed by atoms with Crippen LogP contribution in [0.3, 0.4) is 0 Å². The van der Waals surface area contributed by atoms with Crippen LogP contribution in [0.25, 0.3) is 0 Å². The number of aryl methyl sites for hydroxylation is 1. The Balaban J connectivity index is 1.68. The van der Waals surface area contributed by atoms with E-state index < -0.39 is 5.92 Å². The second-order valence-corrected chi connectivity index (χ2v) is 6.56. The van der Waals surface area contributed by atoms with Gasteiger partial charge in [-0.2, -0.15) is 4.98 Å². The zero-order valence-electron chi connectivity index (χ0n) is 14.7. The molecule has 138 valence electrons. The molecule has 2 amide bonds. The number of hydrogen-bond acceptors (Lipinski definition) is 6. The normalized spacial score (nSPS) is 16.8. The molecule has 1 atom stereocenters. The molecule has 0 saturated carbocycles. The van der Waals surface area contributed by atoms with E-state index in [2.05, 4.69) is 10.1 Å². The smallest absolute Gasteiger partial charge is 0.246 e. The predicted octanol–water partition coefficient (Wildman–Crippen LogP) is 2.05. The Morgan fingerprint density at radius 3 is 2.88 bits per heavy atom. The first-order chi connectivity index (χ1) is 12.4.